The van der Waals surface area contributed by atoms with Gasteiger partial charge in [-0.3, -0.25) is 0 Å². The van der Waals surface area contributed by atoms with Crippen molar-refractivity contribution in [2.45, 2.75) is 18.8 Å². The fourth-order valence-electron chi connectivity index (χ4n) is 2.37. The molecule has 2 rings (SSSR count). The first kappa shape index (κ1) is 16.7. The van der Waals surface area contributed by atoms with E-state index in [0.717, 1.165) is 37.0 Å². The van der Waals surface area contributed by atoms with E-state index >= 15 is 0 Å². The number of benzene rings is 1. The molecule has 0 fully saturated rings. The van der Waals surface area contributed by atoms with Crippen LogP contribution < -0.4 is 5.32 Å². The molecule has 2 nitrogen and oxygen atoms in total. The van der Waals surface area contributed by atoms with Gasteiger partial charge in [0.2, 0.25) is 0 Å². The Morgan fingerprint density at radius 2 is 2.24 bits per heavy atom. The van der Waals surface area contributed by atoms with Crippen LogP contribution >= 0.6 is 27.3 Å². The Bertz CT molecular complexity index is 515. The number of thiophene rings is 1. The van der Waals surface area contributed by atoms with E-state index in [9.17, 15) is 0 Å². The zero-order valence-corrected chi connectivity index (χ0v) is 14.8. The average molecular weight is 368 g/mol. The summed E-state index contributed by atoms with van der Waals surface area (Å²) in [4.78, 5) is 0. The van der Waals surface area contributed by atoms with Crippen molar-refractivity contribution in [3.8, 4) is 0 Å². The first-order valence-corrected chi connectivity index (χ1v) is 8.99. The van der Waals surface area contributed by atoms with E-state index in [2.05, 4.69) is 62.3 Å². The standard InChI is InChI=1S/C17H22BrNOS/c1-20-9-8-19-12-16(6-5-14-7-10-21-13-14)15-3-2-4-17(18)11-15/h2-4,7,10-11,13,16,19H,5-6,8-9,12H2,1H3. The highest BCUT2D eigenvalue weighted by Crippen LogP contribution is 2.24. The number of hydrogen-bond acceptors (Lipinski definition) is 3. The van der Waals surface area contributed by atoms with E-state index < -0.39 is 0 Å². The Hall–Kier alpha value is -0.680. The number of rotatable bonds is 9. The minimum Gasteiger partial charge on any atom is -0.383 e. The van der Waals surface area contributed by atoms with Crippen molar-refractivity contribution < 1.29 is 4.74 Å². The molecule has 0 aliphatic rings. The molecule has 0 saturated carbocycles. The predicted molar refractivity (Wildman–Crippen MR) is 94.3 cm³/mol. The van der Waals surface area contributed by atoms with E-state index in [1.165, 1.54) is 11.1 Å². The van der Waals surface area contributed by atoms with E-state index in [0.29, 0.717) is 5.92 Å². The Kier molecular flexibility index (Phi) is 7.44. The summed E-state index contributed by atoms with van der Waals surface area (Å²) in [5, 5.41) is 7.90. The van der Waals surface area contributed by atoms with Crippen LogP contribution in [0.15, 0.2) is 45.6 Å². The van der Waals surface area contributed by atoms with Crippen LogP contribution in [0, 0.1) is 0 Å². The van der Waals surface area contributed by atoms with Crippen LogP contribution in [0.2, 0.25) is 0 Å². The third-order valence-electron chi connectivity index (χ3n) is 3.56. The number of halogens is 1. The van der Waals surface area contributed by atoms with Crippen LogP contribution in [0.3, 0.4) is 0 Å². The third-order valence-corrected chi connectivity index (χ3v) is 4.78. The Morgan fingerprint density at radius 3 is 2.95 bits per heavy atom. The molecule has 0 radical (unpaired) electrons. The molecule has 0 saturated heterocycles. The van der Waals surface area contributed by atoms with Gasteiger partial charge in [-0.05, 0) is 58.8 Å². The Morgan fingerprint density at radius 1 is 1.33 bits per heavy atom. The van der Waals surface area contributed by atoms with E-state index in [4.69, 9.17) is 4.74 Å². The molecule has 2 aromatic rings. The lowest BCUT2D eigenvalue weighted by atomic mass is 9.93. The quantitative estimate of drug-likeness (QED) is 0.660. The fourth-order valence-corrected chi connectivity index (χ4v) is 3.49. The fraction of sp³-hybridized carbons (Fsp3) is 0.412. The lowest BCUT2D eigenvalue weighted by Crippen LogP contribution is -2.25. The topological polar surface area (TPSA) is 21.3 Å². The summed E-state index contributed by atoms with van der Waals surface area (Å²) in [5.74, 6) is 0.527. The van der Waals surface area contributed by atoms with Crippen molar-refractivity contribution in [1.82, 2.24) is 5.32 Å². The van der Waals surface area contributed by atoms with Gasteiger partial charge in [-0.2, -0.15) is 11.3 Å². The van der Waals surface area contributed by atoms with Gasteiger partial charge in [0.05, 0.1) is 6.61 Å². The summed E-state index contributed by atoms with van der Waals surface area (Å²) in [6.45, 7) is 2.65. The van der Waals surface area contributed by atoms with Crippen LogP contribution in [0.5, 0.6) is 0 Å². The van der Waals surface area contributed by atoms with E-state index in [1.54, 1.807) is 18.4 Å². The zero-order chi connectivity index (χ0) is 14.9. The lowest BCUT2D eigenvalue weighted by Gasteiger charge is -2.18. The predicted octanol–water partition coefficient (Wildman–Crippen LogP) is 4.46. The molecule has 1 N–H and O–H groups in total. The van der Waals surface area contributed by atoms with Crippen LogP contribution in [-0.2, 0) is 11.2 Å². The summed E-state index contributed by atoms with van der Waals surface area (Å²) in [7, 11) is 1.74. The molecule has 1 atom stereocenters. The summed E-state index contributed by atoms with van der Waals surface area (Å²) >= 11 is 5.35. The second kappa shape index (κ2) is 9.36. The molecule has 4 heteroatoms. The van der Waals surface area contributed by atoms with Gasteiger partial charge >= 0.3 is 0 Å². The molecule has 0 aliphatic heterocycles. The van der Waals surface area contributed by atoms with Gasteiger partial charge in [0.15, 0.2) is 0 Å². The summed E-state index contributed by atoms with van der Waals surface area (Å²) in [6.07, 6.45) is 2.29. The molecule has 0 aliphatic carbocycles. The van der Waals surface area contributed by atoms with Crippen molar-refractivity contribution in [2.24, 2.45) is 0 Å². The SMILES string of the molecule is COCCNCC(CCc1ccsc1)c1cccc(Br)c1. The van der Waals surface area contributed by atoms with Gasteiger partial charge < -0.3 is 10.1 Å². The van der Waals surface area contributed by atoms with Crippen molar-refractivity contribution in [1.29, 1.82) is 0 Å². The van der Waals surface area contributed by atoms with Gasteiger partial charge in [0.1, 0.15) is 0 Å². The first-order chi connectivity index (χ1) is 10.3. The van der Waals surface area contributed by atoms with Crippen molar-refractivity contribution in [2.75, 3.05) is 26.8 Å². The highest BCUT2D eigenvalue weighted by Gasteiger charge is 2.12. The number of ether oxygens (including phenoxy) is 1. The smallest absolute Gasteiger partial charge is 0.0587 e. The van der Waals surface area contributed by atoms with Crippen molar-refractivity contribution in [3.63, 3.8) is 0 Å². The maximum Gasteiger partial charge on any atom is 0.0587 e. The molecule has 0 bridgehead atoms. The highest BCUT2D eigenvalue weighted by atomic mass is 79.9. The van der Waals surface area contributed by atoms with Crippen LogP contribution in [-0.4, -0.2) is 26.8 Å². The molecular formula is C17H22BrNOS. The van der Waals surface area contributed by atoms with Crippen LogP contribution in [0.1, 0.15) is 23.5 Å². The number of hydrogen-bond donors (Lipinski definition) is 1. The molecule has 0 amide bonds. The summed E-state index contributed by atoms with van der Waals surface area (Å²) in [5.41, 5.74) is 2.83. The first-order valence-electron chi connectivity index (χ1n) is 7.26. The molecule has 1 unspecified atom stereocenters. The molecule has 1 heterocycles. The van der Waals surface area contributed by atoms with Gasteiger partial charge in [0.25, 0.3) is 0 Å². The normalized spacial score (nSPS) is 12.5. The Labute approximate surface area is 139 Å². The minimum absolute atomic E-state index is 0.527. The lowest BCUT2D eigenvalue weighted by molar-refractivity contribution is 0.199. The maximum absolute atomic E-state index is 5.10. The van der Waals surface area contributed by atoms with Gasteiger partial charge in [-0.1, -0.05) is 28.1 Å². The highest BCUT2D eigenvalue weighted by molar-refractivity contribution is 9.10. The third kappa shape index (κ3) is 5.91. The molecule has 1 aromatic heterocycles. The van der Waals surface area contributed by atoms with Crippen LogP contribution in [0.25, 0.3) is 0 Å². The molecular weight excluding hydrogens is 346 g/mol. The zero-order valence-electron chi connectivity index (χ0n) is 12.3. The molecule has 21 heavy (non-hydrogen) atoms. The number of nitrogens with one attached hydrogen (secondary N) is 1. The monoisotopic (exact) mass is 367 g/mol. The van der Waals surface area contributed by atoms with Crippen molar-refractivity contribution >= 4 is 27.3 Å². The molecule has 114 valence electrons. The Balaban J connectivity index is 1.95. The van der Waals surface area contributed by atoms with E-state index in [-0.39, 0.29) is 0 Å². The van der Waals surface area contributed by atoms with Crippen molar-refractivity contribution in [3.05, 3.63) is 56.7 Å². The summed E-state index contributed by atoms with van der Waals surface area (Å²) < 4.78 is 6.25. The molecule has 1 aromatic carbocycles. The van der Waals surface area contributed by atoms with Gasteiger partial charge in [-0.15, -0.1) is 0 Å². The largest absolute Gasteiger partial charge is 0.383 e. The number of aryl methyl sites for hydroxylation is 1. The minimum atomic E-state index is 0.527. The number of methoxy groups -OCH3 is 1. The van der Waals surface area contributed by atoms with E-state index in [1.807, 2.05) is 0 Å². The summed E-state index contributed by atoms with van der Waals surface area (Å²) in [6, 6.07) is 10.9. The maximum atomic E-state index is 5.10. The second-order valence-electron chi connectivity index (χ2n) is 5.12. The van der Waals surface area contributed by atoms with Crippen LogP contribution in [0.4, 0.5) is 0 Å². The second-order valence-corrected chi connectivity index (χ2v) is 6.81. The average Bonchev–Trinajstić information content (AvgIpc) is 3.00. The molecule has 0 spiro atoms. The van der Waals surface area contributed by atoms with Gasteiger partial charge in [0, 0.05) is 24.7 Å². The van der Waals surface area contributed by atoms with Gasteiger partial charge in [-0.25, -0.2) is 0 Å².